The lowest BCUT2D eigenvalue weighted by molar-refractivity contribution is 0.456. The molecule has 1 fully saturated rings. The van der Waals surface area contributed by atoms with Crippen LogP contribution in [0.4, 0.5) is 0 Å². The molecule has 1 aliphatic heterocycles. The molecule has 1 saturated heterocycles. The molecule has 0 radical (unpaired) electrons. The molecule has 0 aromatic rings. The van der Waals surface area contributed by atoms with Crippen LogP contribution in [0, 0.1) is 0 Å². The Kier molecular flexibility index (Phi) is 2.90. The normalized spacial score (nSPS) is 28.6. The molecule has 2 heteroatoms. The molecule has 0 aliphatic carbocycles. The third-order valence-electron chi connectivity index (χ3n) is 2.05. The van der Waals surface area contributed by atoms with E-state index in [4.69, 9.17) is 0 Å². The molecule has 0 saturated carbocycles. The fourth-order valence-electron chi connectivity index (χ4n) is 1.18. The van der Waals surface area contributed by atoms with Crippen molar-refractivity contribution in [3.63, 3.8) is 0 Å². The van der Waals surface area contributed by atoms with Crippen LogP contribution in [0.25, 0.3) is 0 Å². The number of piperazine rings is 1. The highest BCUT2D eigenvalue weighted by Gasteiger charge is 2.11. The minimum Gasteiger partial charge on any atom is -0.314 e. The molecule has 1 heterocycles. The highest BCUT2D eigenvalue weighted by atomic mass is 15.1. The van der Waals surface area contributed by atoms with Crippen molar-refractivity contribution in [2.45, 2.75) is 19.9 Å². The SMILES string of the molecule is C/C=C(\C)C1CNCCN1. The number of rotatable bonds is 1. The summed E-state index contributed by atoms with van der Waals surface area (Å²) >= 11 is 0. The highest BCUT2D eigenvalue weighted by molar-refractivity contribution is 5.08. The topological polar surface area (TPSA) is 24.1 Å². The van der Waals surface area contributed by atoms with Crippen LogP contribution >= 0.6 is 0 Å². The smallest absolute Gasteiger partial charge is 0.0403 e. The molecule has 1 unspecified atom stereocenters. The molecule has 58 valence electrons. The van der Waals surface area contributed by atoms with Crippen LogP contribution in [-0.2, 0) is 0 Å². The Labute approximate surface area is 62.7 Å². The van der Waals surface area contributed by atoms with E-state index < -0.39 is 0 Å². The van der Waals surface area contributed by atoms with E-state index in [9.17, 15) is 0 Å². The van der Waals surface area contributed by atoms with Gasteiger partial charge in [-0.1, -0.05) is 11.6 Å². The zero-order valence-corrected chi connectivity index (χ0v) is 6.78. The van der Waals surface area contributed by atoms with Crippen molar-refractivity contribution >= 4 is 0 Å². The van der Waals surface area contributed by atoms with E-state index in [1.54, 1.807) is 0 Å². The lowest BCUT2D eigenvalue weighted by Crippen LogP contribution is -2.48. The van der Waals surface area contributed by atoms with E-state index in [-0.39, 0.29) is 0 Å². The van der Waals surface area contributed by atoms with Crippen LogP contribution in [0.2, 0.25) is 0 Å². The van der Waals surface area contributed by atoms with E-state index in [1.807, 2.05) is 0 Å². The fraction of sp³-hybridized carbons (Fsp3) is 0.750. The second-order valence-corrected chi connectivity index (χ2v) is 2.74. The van der Waals surface area contributed by atoms with Crippen molar-refractivity contribution in [1.29, 1.82) is 0 Å². The summed E-state index contributed by atoms with van der Waals surface area (Å²) in [7, 11) is 0. The van der Waals surface area contributed by atoms with Crippen LogP contribution in [0.1, 0.15) is 13.8 Å². The lowest BCUT2D eigenvalue weighted by Gasteiger charge is -2.25. The highest BCUT2D eigenvalue weighted by Crippen LogP contribution is 2.01. The van der Waals surface area contributed by atoms with Gasteiger partial charge < -0.3 is 10.6 Å². The van der Waals surface area contributed by atoms with Gasteiger partial charge in [0.2, 0.25) is 0 Å². The summed E-state index contributed by atoms with van der Waals surface area (Å²) < 4.78 is 0. The Balaban J connectivity index is 2.39. The molecule has 0 bridgehead atoms. The molecule has 0 aromatic heterocycles. The van der Waals surface area contributed by atoms with E-state index in [1.165, 1.54) is 5.57 Å². The number of nitrogens with one attached hydrogen (secondary N) is 2. The van der Waals surface area contributed by atoms with Crippen molar-refractivity contribution in [2.24, 2.45) is 0 Å². The van der Waals surface area contributed by atoms with Gasteiger partial charge in [-0.2, -0.15) is 0 Å². The number of hydrogen-bond acceptors (Lipinski definition) is 2. The van der Waals surface area contributed by atoms with Gasteiger partial charge >= 0.3 is 0 Å². The number of allylic oxidation sites excluding steroid dienone is 1. The van der Waals surface area contributed by atoms with Crippen LogP contribution in [-0.4, -0.2) is 25.7 Å². The molecule has 2 nitrogen and oxygen atoms in total. The van der Waals surface area contributed by atoms with Gasteiger partial charge in [0.15, 0.2) is 0 Å². The van der Waals surface area contributed by atoms with Crippen molar-refractivity contribution in [3.05, 3.63) is 11.6 Å². The molecule has 1 rings (SSSR count). The van der Waals surface area contributed by atoms with Gasteiger partial charge in [0.1, 0.15) is 0 Å². The Hall–Kier alpha value is -0.340. The van der Waals surface area contributed by atoms with Gasteiger partial charge in [-0.15, -0.1) is 0 Å². The van der Waals surface area contributed by atoms with E-state index in [0.29, 0.717) is 6.04 Å². The summed E-state index contributed by atoms with van der Waals surface area (Å²) in [6, 6.07) is 0.568. The molecule has 1 aliphatic rings. The minimum atomic E-state index is 0.568. The molecular formula is C8H16N2. The molecule has 0 spiro atoms. The van der Waals surface area contributed by atoms with Crippen LogP contribution in [0.15, 0.2) is 11.6 Å². The van der Waals surface area contributed by atoms with Crippen molar-refractivity contribution in [2.75, 3.05) is 19.6 Å². The summed E-state index contributed by atoms with van der Waals surface area (Å²) in [5, 5.41) is 6.79. The third-order valence-corrected chi connectivity index (χ3v) is 2.05. The van der Waals surface area contributed by atoms with Crippen LogP contribution < -0.4 is 10.6 Å². The zero-order valence-electron chi connectivity index (χ0n) is 6.78. The van der Waals surface area contributed by atoms with E-state index >= 15 is 0 Å². The van der Waals surface area contributed by atoms with E-state index in [2.05, 4.69) is 30.6 Å². The zero-order chi connectivity index (χ0) is 7.40. The lowest BCUT2D eigenvalue weighted by atomic mass is 10.1. The van der Waals surface area contributed by atoms with Gasteiger partial charge in [0, 0.05) is 25.7 Å². The Morgan fingerprint density at radius 1 is 1.50 bits per heavy atom. The number of hydrogen-bond donors (Lipinski definition) is 2. The molecule has 1 atom stereocenters. The quantitative estimate of drug-likeness (QED) is 0.519. The second kappa shape index (κ2) is 3.74. The van der Waals surface area contributed by atoms with Gasteiger partial charge in [-0.3, -0.25) is 0 Å². The van der Waals surface area contributed by atoms with Gasteiger partial charge in [-0.25, -0.2) is 0 Å². The van der Waals surface area contributed by atoms with Gasteiger partial charge in [0.25, 0.3) is 0 Å². The second-order valence-electron chi connectivity index (χ2n) is 2.74. The molecule has 2 N–H and O–H groups in total. The standard InChI is InChI=1S/C8H16N2/c1-3-7(2)8-6-9-4-5-10-8/h3,8-10H,4-6H2,1-2H3/b7-3+. The predicted molar refractivity (Wildman–Crippen MR) is 44.1 cm³/mol. The van der Waals surface area contributed by atoms with Crippen molar-refractivity contribution < 1.29 is 0 Å². The molecule has 0 aromatic carbocycles. The maximum atomic E-state index is 3.44. The Morgan fingerprint density at radius 3 is 2.80 bits per heavy atom. The summed E-state index contributed by atoms with van der Waals surface area (Å²) in [5.74, 6) is 0. The Bertz CT molecular complexity index is 123. The van der Waals surface area contributed by atoms with Crippen LogP contribution in [0.3, 0.4) is 0 Å². The third kappa shape index (κ3) is 1.82. The van der Waals surface area contributed by atoms with Crippen molar-refractivity contribution in [1.82, 2.24) is 10.6 Å². The maximum Gasteiger partial charge on any atom is 0.0403 e. The minimum absolute atomic E-state index is 0.568. The average Bonchev–Trinajstić information content (AvgIpc) is 2.05. The summed E-state index contributed by atoms with van der Waals surface area (Å²) in [6.45, 7) is 7.54. The van der Waals surface area contributed by atoms with Gasteiger partial charge in [-0.05, 0) is 13.8 Å². The molecule has 10 heavy (non-hydrogen) atoms. The first-order valence-electron chi connectivity index (χ1n) is 3.91. The predicted octanol–water partition coefficient (Wildman–Crippen LogP) is 0.514. The maximum absolute atomic E-state index is 3.44. The van der Waals surface area contributed by atoms with Crippen LogP contribution in [0.5, 0.6) is 0 Å². The van der Waals surface area contributed by atoms with Crippen molar-refractivity contribution in [3.8, 4) is 0 Å². The monoisotopic (exact) mass is 140 g/mol. The fourth-order valence-corrected chi connectivity index (χ4v) is 1.18. The van der Waals surface area contributed by atoms with Gasteiger partial charge in [0.05, 0.1) is 0 Å². The average molecular weight is 140 g/mol. The molecular weight excluding hydrogens is 124 g/mol. The first kappa shape index (κ1) is 7.76. The summed E-state index contributed by atoms with van der Waals surface area (Å²) in [5.41, 5.74) is 1.44. The summed E-state index contributed by atoms with van der Waals surface area (Å²) in [6.07, 6.45) is 2.17. The first-order valence-corrected chi connectivity index (χ1v) is 3.91. The van der Waals surface area contributed by atoms with E-state index in [0.717, 1.165) is 19.6 Å². The largest absolute Gasteiger partial charge is 0.314 e. The first-order chi connectivity index (χ1) is 4.84. The molecule has 0 amide bonds. The Morgan fingerprint density at radius 2 is 2.30 bits per heavy atom. The summed E-state index contributed by atoms with van der Waals surface area (Å²) in [4.78, 5) is 0.